The van der Waals surface area contributed by atoms with Crippen molar-refractivity contribution in [1.82, 2.24) is 14.9 Å². The van der Waals surface area contributed by atoms with Crippen molar-refractivity contribution >= 4 is 11.6 Å². The van der Waals surface area contributed by atoms with Crippen LogP contribution in [0, 0.1) is 0 Å². The van der Waals surface area contributed by atoms with Crippen molar-refractivity contribution in [3.05, 3.63) is 47.5 Å². The molecule has 0 bridgehead atoms. The molecule has 1 aromatic carbocycles. The fourth-order valence-corrected chi connectivity index (χ4v) is 2.97. The maximum atomic E-state index is 12.6. The van der Waals surface area contributed by atoms with Gasteiger partial charge in [0.1, 0.15) is 0 Å². The number of anilines is 1. The Labute approximate surface area is 131 Å². The summed E-state index contributed by atoms with van der Waals surface area (Å²) in [7, 11) is 0. The summed E-state index contributed by atoms with van der Waals surface area (Å²) in [5.41, 5.74) is 4.05. The van der Waals surface area contributed by atoms with Crippen LogP contribution in [0.1, 0.15) is 35.6 Å². The zero-order chi connectivity index (χ0) is 15.5. The van der Waals surface area contributed by atoms with Crippen LogP contribution < -0.4 is 4.90 Å². The number of nitrogens with one attached hydrogen (secondary N) is 1. The maximum Gasteiger partial charge on any atom is 0.254 e. The molecule has 3 rings (SSSR count). The van der Waals surface area contributed by atoms with Gasteiger partial charge in [0.05, 0.1) is 24.3 Å². The van der Waals surface area contributed by atoms with Gasteiger partial charge in [-0.25, -0.2) is 4.98 Å². The molecule has 1 aliphatic rings. The Morgan fingerprint density at radius 3 is 2.68 bits per heavy atom. The smallest absolute Gasteiger partial charge is 0.254 e. The number of imidazole rings is 1. The van der Waals surface area contributed by atoms with Gasteiger partial charge in [-0.15, -0.1) is 0 Å². The fraction of sp³-hybridized carbons (Fsp3) is 0.412. The number of carbonyl (C=O) groups excluding carboxylic acids is 1. The van der Waals surface area contributed by atoms with Gasteiger partial charge in [-0.3, -0.25) is 4.79 Å². The van der Waals surface area contributed by atoms with Gasteiger partial charge in [-0.05, 0) is 38.1 Å². The van der Waals surface area contributed by atoms with E-state index in [0.717, 1.165) is 48.7 Å². The summed E-state index contributed by atoms with van der Waals surface area (Å²) in [6, 6.07) is 7.93. The van der Waals surface area contributed by atoms with Crippen LogP contribution in [0.15, 0.2) is 30.6 Å². The second kappa shape index (κ2) is 6.22. The van der Waals surface area contributed by atoms with E-state index in [9.17, 15) is 4.79 Å². The number of amides is 1. The molecular weight excluding hydrogens is 276 g/mol. The molecule has 0 saturated carbocycles. The molecule has 2 heterocycles. The van der Waals surface area contributed by atoms with Crippen molar-refractivity contribution in [1.29, 1.82) is 0 Å². The molecule has 0 fully saturated rings. The number of H-pyrrole nitrogens is 1. The molecule has 0 unspecified atom stereocenters. The van der Waals surface area contributed by atoms with E-state index in [-0.39, 0.29) is 5.91 Å². The summed E-state index contributed by atoms with van der Waals surface area (Å²) >= 11 is 0. The lowest BCUT2D eigenvalue weighted by Crippen LogP contribution is -2.36. The van der Waals surface area contributed by atoms with Crippen LogP contribution in [0.4, 0.5) is 5.69 Å². The summed E-state index contributed by atoms with van der Waals surface area (Å²) in [5.74, 6) is 0.0892. The van der Waals surface area contributed by atoms with Gasteiger partial charge in [0, 0.05) is 37.3 Å². The molecule has 1 N–H and O–H groups in total. The van der Waals surface area contributed by atoms with Gasteiger partial charge in [0.25, 0.3) is 5.91 Å². The SMILES string of the molecule is CCN(CC)c1ccc(C(=O)N2CCc3nc[nH]c3C2)cc1. The summed E-state index contributed by atoms with van der Waals surface area (Å²) in [5, 5.41) is 0. The van der Waals surface area contributed by atoms with Gasteiger partial charge >= 0.3 is 0 Å². The number of rotatable bonds is 4. The molecule has 1 aliphatic heterocycles. The van der Waals surface area contributed by atoms with Gasteiger partial charge in [0.15, 0.2) is 0 Å². The third kappa shape index (κ3) is 2.71. The predicted octanol–water partition coefficient (Wildman–Crippen LogP) is 2.45. The molecule has 0 aliphatic carbocycles. The average molecular weight is 298 g/mol. The number of fused-ring (bicyclic) bond motifs is 1. The van der Waals surface area contributed by atoms with E-state index in [1.165, 1.54) is 0 Å². The normalized spacial score (nSPS) is 13.8. The first-order valence-electron chi connectivity index (χ1n) is 7.88. The standard InChI is InChI=1S/C17H22N4O/c1-3-20(4-2)14-7-5-13(6-8-14)17(22)21-10-9-15-16(11-21)19-12-18-15/h5-8,12H,3-4,9-11H2,1-2H3,(H,18,19). The van der Waals surface area contributed by atoms with Crippen LogP contribution in [-0.2, 0) is 13.0 Å². The summed E-state index contributed by atoms with van der Waals surface area (Å²) < 4.78 is 0. The number of aromatic amines is 1. The first-order valence-corrected chi connectivity index (χ1v) is 7.88. The molecule has 0 spiro atoms. The first kappa shape index (κ1) is 14.6. The Bertz CT molecular complexity index is 643. The first-order chi connectivity index (χ1) is 10.7. The third-order valence-electron chi connectivity index (χ3n) is 4.31. The zero-order valence-corrected chi connectivity index (χ0v) is 13.2. The summed E-state index contributed by atoms with van der Waals surface area (Å²) in [6.45, 7) is 7.56. The van der Waals surface area contributed by atoms with E-state index in [2.05, 4.69) is 28.7 Å². The van der Waals surface area contributed by atoms with Crippen molar-refractivity contribution in [2.24, 2.45) is 0 Å². The van der Waals surface area contributed by atoms with Crippen molar-refractivity contribution in [2.45, 2.75) is 26.8 Å². The van der Waals surface area contributed by atoms with Crippen molar-refractivity contribution in [2.75, 3.05) is 24.5 Å². The maximum absolute atomic E-state index is 12.6. The Hall–Kier alpha value is -2.30. The van der Waals surface area contributed by atoms with Crippen LogP contribution in [0.3, 0.4) is 0 Å². The molecule has 0 atom stereocenters. The van der Waals surface area contributed by atoms with Crippen LogP contribution in [-0.4, -0.2) is 40.4 Å². The minimum Gasteiger partial charge on any atom is -0.372 e. The van der Waals surface area contributed by atoms with Crippen LogP contribution in [0.25, 0.3) is 0 Å². The quantitative estimate of drug-likeness (QED) is 0.943. The van der Waals surface area contributed by atoms with Crippen LogP contribution in [0.5, 0.6) is 0 Å². The fourth-order valence-electron chi connectivity index (χ4n) is 2.97. The molecule has 2 aromatic rings. The average Bonchev–Trinajstić information content (AvgIpc) is 3.03. The Morgan fingerprint density at radius 1 is 1.27 bits per heavy atom. The highest BCUT2D eigenvalue weighted by molar-refractivity contribution is 5.94. The third-order valence-corrected chi connectivity index (χ3v) is 4.31. The van der Waals surface area contributed by atoms with E-state index >= 15 is 0 Å². The molecule has 1 aromatic heterocycles. The van der Waals surface area contributed by atoms with Gasteiger partial charge in [-0.2, -0.15) is 0 Å². The lowest BCUT2D eigenvalue weighted by molar-refractivity contribution is 0.0732. The zero-order valence-electron chi connectivity index (χ0n) is 13.2. The number of nitrogens with zero attached hydrogens (tertiary/aromatic N) is 3. The van der Waals surface area contributed by atoms with E-state index in [1.807, 2.05) is 29.2 Å². The highest BCUT2D eigenvalue weighted by Gasteiger charge is 2.23. The monoisotopic (exact) mass is 298 g/mol. The lowest BCUT2D eigenvalue weighted by Gasteiger charge is -2.26. The minimum absolute atomic E-state index is 0.0892. The Kier molecular flexibility index (Phi) is 4.13. The molecule has 0 saturated heterocycles. The number of carbonyl (C=O) groups is 1. The Balaban J connectivity index is 1.73. The Morgan fingerprint density at radius 2 is 2.00 bits per heavy atom. The van der Waals surface area contributed by atoms with E-state index in [4.69, 9.17) is 0 Å². The second-order valence-corrected chi connectivity index (χ2v) is 5.52. The lowest BCUT2D eigenvalue weighted by atomic mass is 10.1. The van der Waals surface area contributed by atoms with Gasteiger partial charge < -0.3 is 14.8 Å². The number of hydrogen-bond donors (Lipinski definition) is 1. The molecule has 116 valence electrons. The molecule has 5 nitrogen and oxygen atoms in total. The van der Waals surface area contributed by atoms with Crippen LogP contribution >= 0.6 is 0 Å². The molecule has 0 radical (unpaired) electrons. The largest absolute Gasteiger partial charge is 0.372 e. The highest BCUT2D eigenvalue weighted by Crippen LogP contribution is 2.19. The second-order valence-electron chi connectivity index (χ2n) is 5.52. The summed E-state index contributed by atoms with van der Waals surface area (Å²) in [6.07, 6.45) is 2.53. The van der Waals surface area contributed by atoms with Crippen molar-refractivity contribution in [3.8, 4) is 0 Å². The minimum atomic E-state index is 0.0892. The highest BCUT2D eigenvalue weighted by atomic mass is 16.2. The molecule has 1 amide bonds. The van der Waals surface area contributed by atoms with Crippen LogP contribution in [0.2, 0.25) is 0 Å². The number of benzene rings is 1. The van der Waals surface area contributed by atoms with Gasteiger partial charge in [0.2, 0.25) is 0 Å². The van der Waals surface area contributed by atoms with E-state index < -0.39 is 0 Å². The molecular formula is C17H22N4O. The van der Waals surface area contributed by atoms with Gasteiger partial charge in [-0.1, -0.05) is 0 Å². The number of aromatic nitrogens is 2. The molecule has 5 heteroatoms. The number of hydrogen-bond acceptors (Lipinski definition) is 3. The topological polar surface area (TPSA) is 52.2 Å². The van der Waals surface area contributed by atoms with Crippen molar-refractivity contribution < 1.29 is 4.79 Å². The van der Waals surface area contributed by atoms with E-state index in [1.54, 1.807) is 6.33 Å². The molecule has 22 heavy (non-hydrogen) atoms. The van der Waals surface area contributed by atoms with E-state index in [0.29, 0.717) is 6.54 Å². The van der Waals surface area contributed by atoms with Crippen molar-refractivity contribution in [3.63, 3.8) is 0 Å². The predicted molar refractivity (Wildman–Crippen MR) is 87.0 cm³/mol. The summed E-state index contributed by atoms with van der Waals surface area (Å²) in [4.78, 5) is 24.2.